The number of aromatic amines is 1. The van der Waals surface area contributed by atoms with E-state index < -0.39 is 35.8 Å². The van der Waals surface area contributed by atoms with Crippen molar-refractivity contribution in [3.05, 3.63) is 78.4 Å². The topological polar surface area (TPSA) is 171 Å². The number of alkyl halides is 3. The molecule has 2 fully saturated rings. The number of methoxy groups -OCH3 is 1. The van der Waals surface area contributed by atoms with E-state index in [2.05, 4.69) is 30.3 Å². The van der Waals surface area contributed by atoms with Gasteiger partial charge in [-0.05, 0) is 88.8 Å². The molecule has 0 bridgehead atoms. The number of nitrogens with zero attached hydrogens (tertiary/aromatic N) is 5. The number of likely N-dealkylation sites (tertiary alicyclic amines) is 1. The maximum atomic E-state index is 13.7. The lowest BCUT2D eigenvalue weighted by molar-refractivity contribution is -0.274. The number of pyridine rings is 1. The molecule has 0 radical (unpaired) electrons. The first-order valence-corrected chi connectivity index (χ1v) is 20.5. The minimum absolute atomic E-state index is 0.0737. The Labute approximate surface area is 358 Å². The number of piperazine rings is 1. The Hall–Kier alpha value is -6.33. The van der Waals surface area contributed by atoms with Crippen LogP contribution in [0, 0.1) is 5.92 Å². The molecule has 4 heterocycles. The Morgan fingerprint density at radius 1 is 0.887 bits per heavy atom. The molecule has 0 unspecified atom stereocenters. The maximum absolute atomic E-state index is 13.7. The highest BCUT2D eigenvalue weighted by Gasteiger charge is 2.38. The van der Waals surface area contributed by atoms with Gasteiger partial charge in [-0.15, -0.1) is 13.2 Å². The average Bonchev–Trinajstić information content (AvgIpc) is 3.90. The minimum Gasteiger partial charge on any atom is -0.453 e. The van der Waals surface area contributed by atoms with Gasteiger partial charge in [-0.25, -0.2) is 19.6 Å². The van der Waals surface area contributed by atoms with E-state index in [0.717, 1.165) is 12.5 Å². The molecule has 2 aromatic carbocycles. The summed E-state index contributed by atoms with van der Waals surface area (Å²) in [7, 11) is 1.24. The number of benzene rings is 2. The second-order valence-electron chi connectivity index (χ2n) is 16.9. The van der Waals surface area contributed by atoms with E-state index in [1.165, 1.54) is 25.4 Å². The van der Waals surface area contributed by atoms with Crippen LogP contribution in [0.1, 0.15) is 83.5 Å². The molecule has 2 aliphatic heterocycles. The van der Waals surface area contributed by atoms with Crippen LogP contribution in [0.2, 0.25) is 0 Å². The van der Waals surface area contributed by atoms with Crippen molar-refractivity contribution in [2.45, 2.75) is 97.4 Å². The van der Waals surface area contributed by atoms with Crippen molar-refractivity contribution in [2.24, 2.45) is 5.92 Å². The molecule has 6 rings (SSSR count). The predicted octanol–water partition coefficient (Wildman–Crippen LogP) is 8.17. The molecular weight excluding hydrogens is 810 g/mol. The molecule has 3 N–H and O–H groups in total. The lowest BCUT2D eigenvalue weighted by atomic mass is 10.0. The van der Waals surface area contributed by atoms with E-state index in [0.29, 0.717) is 54.5 Å². The van der Waals surface area contributed by atoms with Crippen LogP contribution in [0.15, 0.2) is 67.0 Å². The zero-order chi connectivity index (χ0) is 45.1. The first kappa shape index (κ1) is 45.2. The SMILES string of the molecule is COC(=O)N[C@H](C(=O)N1CCC[C@H]1c1ncc(-c2ccc(-c3ccc(NC(=O)c4ccc(N5C[C@H](C)N(C(=O)OC(C)(C)C)C[C@H]5C)nc4)cc3OC(F)(F)F)cc2)[nH]1)C(C)C. The van der Waals surface area contributed by atoms with Gasteiger partial charge in [0.25, 0.3) is 5.91 Å². The monoisotopic (exact) mass is 862 g/mol. The summed E-state index contributed by atoms with van der Waals surface area (Å²) in [5, 5.41) is 5.28. The standard InChI is InChI=1S/C44H53F3N8O7/c1-25(2)37(52-41(58)60-8)40(57)53-19-9-10-34(53)38-49-22-33(51-38)29-13-11-28(12-14-29)32-17-16-31(20-35(32)61-44(45,46)47)50-39(56)30-15-18-36(48-21-30)54-23-27(4)55(24-26(54)3)42(59)62-43(5,6)7/h11-18,20-22,25-27,34,37H,9-10,19,23-24H2,1-8H3,(H,49,51)(H,50,56)(H,52,58)/t26-,27+,34+,37+/m1/s1. The molecule has 2 aliphatic rings. The number of hydrogen-bond donors (Lipinski definition) is 3. The van der Waals surface area contributed by atoms with Gasteiger partial charge < -0.3 is 44.5 Å². The van der Waals surface area contributed by atoms with E-state index in [1.807, 2.05) is 53.4 Å². The summed E-state index contributed by atoms with van der Waals surface area (Å²) < 4.78 is 55.9. The smallest absolute Gasteiger partial charge is 0.453 e. The quantitative estimate of drug-likeness (QED) is 0.141. The Bertz CT molecular complexity index is 2240. The van der Waals surface area contributed by atoms with Crippen molar-refractivity contribution < 1.29 is 46.6 Å². The molecule has 4 atom stereocenters. The van der Waals surface area contributed by atoms with Gasteiger partial charge in [0.15, 0.2) is 0 Å². The summed E-state index contributed by atoms with van der Waals surface area (Å²) in [4.78, 5) is 69.4. The van der Waals surface area contributed by atoms with Crippen molar-refractivity contribution in [3.63, 3.8) is 0 Å². The molecule has 0 spiro atoms. The fraction of sp³-hybridized carbons (Fsp3) is 0.455. The van der Waals surface area contributed by atoms with Crippen LogP contribution in [0.3, 0.4) is 0 Å². The zero-order valence-electron chi connectivity index (χ0n) is 36.0. The third-order valence-corrected chi connectivity index (χ3v) is 10.7. The Kier molecular flexibility index (Phi) is 13.4. The number of alkyl carbamates (subject to hydrolysis) is 1. The van der Waals surface area contributed by atoms with Crippen LogP contribution in [0.25, 0.3) is 22.4 Å². The van der Waals surface area contributed by atoms with Crippen LogP contribution in [-0.4, -0.2) is 106 Å². The molecule has 332 valence electrons. The number of anilines is 2. The minimum atomic E-state index is -5.02. The van der Waals surface area contributed by atoms with Crippen LogP contribution in [0.4, 0.5) is 34.3 Å². The molecule has 2 saturated heterocycles. The van der Waals surface area contributed by atoms with Crippen molar-refractivity contribution in [1.82, 2.24) is 30.1 Å². The van der Waals surface area contributed by atoms with Gasteiger partial charge in [-0.3, -0.25) is 9.59 Å². The Morgan fingerprint density at radius 2 is 1.60 bits per heavy atom. The number of nitrogens with one attached hydrogen (secondary N) is 3. The predicted molar refractivity (Wildman–Crippen MR) is 225 cm³/mol. The summed E-state index contributed by atoms with van der Waals surface area (Å²) in [6, 6.07) is 12.7. The highest BCUT2D eigenvalue weighted by Crippen LogP contribution is 2.38. The number of H-pyrrole nitrogens is 1. The number of ether oxygens (including phenoxy) is 3. The zero-order valence-corrected chi connectivity index (χ0v) is 36.0. The lowest BCUT2D eigenvalue weighted by Gasteiger charge is -2.44. The van der Waals surface area contributed by atoms with Crippen molar-refractivity contribution in [2.75, 3.05) is 37.0 Å². The van der Waals surface area contributed by atoms with Crippen LogP contribution < -0.4 is 20.3 Å². The molecular formula is C44H53F3N8O7. The number of amides is 4. The van der Waals surface area contributed by atoms with Gasteiger partial charge in [0.2, 0.25) is 5.91 Å². The van der Waals surface area contributed by atoms with Crippen LogP contribution >= 0.6 is 0 Å². The van der Waals surface area contributed by atoms with Gasteiger partial charge in [-0.1, -0.05) is 38.1 Å². The molecule has 15 nitrogen and oxygen atoms in total. The maximum Gasteiger partial charge on any atom is 0.573 e. The normalized spacial score (nSPS) is 18.6. The molecule has 0 saturated carbocycles. The van der Waals surface area contributed by atoms with Gasteiger partial charge in [0.1, 0.15) is 29.0 Å². The van der Waals surface area contributed by atoms with Gasteiger partial charge in [0, 0.05) is 55.2 Å². The fourth-order valence-corrected chi connectivity index (χ4v) is 7.64. The Morgan fingerprint density at radius 3 is 2.23 bits per heavy atom. The second kappa shape index (κ2) is 18.3. The largest absolute Gasteiger partial charge is 0.573 e. The summed E-state index contributed by atoms with van der Waals surface area (Å²) in [5.41, 5.74) is 1.53. The van der Waals surface area contributed by atoms with Crippen LogP contribution in [-0.2, 0) is 14.3 Å². The first-order valence-electron chi connectivity index (χ1n) is 20.5. The number of hydrogen-bond acceptors (Lipinski definition) is 10. The van der Waals surface area contributed by atoms with E-state index >= 15 is 0 Å². The molecule has 2 aromatic heterocycles. The second-order valence-corrected chi connectivity index (χ2v) is 16.9. The third-order valence-electron chi connectivity index (χ3n) is 10.7. The van der Waals surface area contributed by atoms with Crippen molar-refractivity contribution >= 4 is 35.5 Å². The summed E-state index contributed by atoms with van der Waals surface area (Å²) >= 11 is 0. The van der Waals surface area contributed by atoms with Gasteiger partial charge in [-0.2, -0.15) is 0 Å². The highest BCUT2D eigenvalue weighted by molar-refractivity contribution is 6.04. The number of rotatable bonds is 10. The number of halogens is 3. The highest BCUT2D eigenvalue weighted by atomic mass is 19.4. The molecule has 0 aliphatic carbocycles. The average molecular weight is 863 g/mol. The summed E-state index contributed by atoms with van der Waals surface area (Å²) in [6.45, 7) is 14.4. The van der Waals surface area contributed by atoms with E-state index in [-0.39, 0.29) is 52.9 Å². The molecule has 18 heteroatoms. The molecule has 4 aromatic rings. The van der Waals surface area contributed by atoms with Gasteiger partial charge >= 0.3 is 18.5 Å². The number of imidazole rings is 1. The lowest BCUT2D eigenvalue weighted by Crippen LogP contribution is -2.59. The molecule has 62 heavy (non-hydrogen) atoms. The Balaban J connectivity index is 1.13. The van der Waals surface area contributed by atoms with E-state index in [1.54, 1.807) is 52.4 Å². The van der Waals surface area contributed by atoms with E-state index in [9.17, 15) is 32.3 Å². The third kappa shape index (κ3) is 10.8. The summed E-state index contributed by atoms with van der Waals surface area (Å²) in [5.74, 6) is -0.349. The molecule has 4 amide bonds. The van der Waals surface area contributed by atoms with Crippen molar-refractivity contribution in [1.29, 1.82) is 0 Å². The van der Waals surface area contributed by atoms with Gasteiger partial charge in [0.05, 0.1) is 30.6 Å². The number of carbonyl (C=O) groups excluding carboxylic acids is 4. The van der Waals surface area contributed by atoms with Crippen molar-refractivity contribution in [3.8, 4) is 28.1 Å². The number of carbonyl (C=O) groups is 4. The van der Waals surface area contributed by atoms with E-state index in [4.69, 9.17) is 9.47 Å². The first-order chi connectivity index (χ1) is 29.2. The fourth-order valence-electron chi connectivity index (χ4n) is 7.64. The summed E-state index contributed by atoms with van der Waals surface area (Å²) in [6.07, 6.45) is -1.66. The van der Waals surface area contributed by atoms with Crippen LogP contribution in [0.5, 0.6) is 5.75 Å². The number of aromatic nitrogens is 3.